The SMILES string of the molecule is [CH-]=C/C=C\[C](=[W])c1cc(Cc2noc3ccccc23)co1. The summed E-state index contributed by atoms with van der Waals surface area (Å²) in [7, 11) is 0. The van der Waals surface area contributed by atoms with Crippen LogP contribution in [0.5, 0.6) is 0 Å². The van der Waals surface area contributed by atoms with Crippen molar-refractivity contribution in [2.75, 3.05) is 0 Å². The number of nitrogens with zero attached hydrogens (tertiary/aromatic N) is 1. The van der Waals surface area contributed by atoms with Gasteiger partial charge in [0.1, 0.15) is 0 Å². The predicted octanol–water partition coefficient (Wildman–Crippen LogP) is 3.62. The molecular weight excluding hydrogens is 434 g/mol. The Kier molecular flexibility index (Phi) is 4.12. The number of fused-ring (bicyclic) bond motifs is 1. The van der Waals surface area contributed by atoms with E-state index in [1.54, 1.807) is 12.3 Å². The molecule has 0 bridgehead atoms. The van der Waals surface area contributed by atoms with Crippen LogP contribution >= 0.6 is 0 Å². The van der Waals surface area contributed by atoms with Crippen molar-refractivity contribution in [2.24, 2.45) is 0 Å². The molecule has 3 rings (SSSR count). The summed E-state index contributed by atoms with van der Waals surface area (Å²) in [5.41, 5.74) is 2.81. The molecule has 0 radical (unpaired) electrons. The van der Waals surface area contributed by atoms with Crippen LogP contribution < -0.4 is 0 Å². The number of aromatic nitrogens is 1. The van der Waals surface area contributed by atoms with Crippen molar-refractivity contribution in [3.8, 4) is 0 Å². The van der Waals surface area contributed by atoms with E-state index in [-0.39, 0.29) is 0 Å². The van der Waals surface area contributed by atoms with Crippen LogP contribution in [0, 0.1) is 6.58 Å². The van der Waals surface area contributed by atoms with Crippen LogP contribution in [0.15, 0.2) is 63.8 Å². The molecule has 21 heavy (non-hydrogen) atoms. The van der Waals surface area contributed by atoms with Crippen LogP contribution in [-0.4, -0.2) is 9.05 Å². The van der Waals surface area contributed by atoms with Crippen LogP contribution in [0.4, 0.5) is 0 Å². The third-order valence-electron chi connectivity index (χ3n) is 3.08. The van der Waals surface area contributed by atoms with Gasteiger partial charge < -0.3 is 0 Å². The molecule has 0 saturated heterocycles. The molecule has 0 fully saturated rings. The topological polar surface area (TPSA) is 39.2 Å². The van der Waals surface area contributed by atoms with E-state index in [0.717, 1.165) is 31.9 Å². The van der Waals surface area contributed by atoms with Gasteiger partial charge in [0.15, 0.2) is 0 Å². The summed E-state index contributed by atoms with van der Waals surface area (Å²) < 4.78 is 12.0. The number of allylic oxidation sites excluding steroid dienone is 3. The van der Waals surface area contributed by atoms with Gasteiger partial charge in [-0.15, -0.1) is 0 Å². The zero-order valence-electron chi connectivity index (χ0n) is 11.2. The summed E-state index contributed by atoms with van der Waals surface area (Å²) in [5, 5.41) is 5.19. The molecule has 0 aliphatic heterocycles. The van der Waals surface area contributed by atoms with E-state index in [1.165, 1.54) is 25.4 Å². The standard InChI is InChI=1S/C17H12NO2.W/c1-2-3-4-7-14-10-13(12-19-14)11-16-15-8-5-6-9-17(15)20-18-16;/h1-6,8-10,12H,11H2;/q-1;/b4-3-;. The van der Waals surface area contributed by atoms with Crippen LogP contribution in [0.1, 0.15) is 17.0 Å². The molecule has 2 aromatic heterocycles. The number of furan rings is 1. The van der Waals surface area contributed by atoms with Gasteiger partial charge in [0.2, 0.25) is 0 Å². The monoisotopic (exact) mass is 446 g/mol. The minimum atomic E-state index is 0.690. The van der Waals surface area contributed by atoms with Gasteiger partial charge in [0.05, 0.1) is 0 Å². The molecule has 0 atom stereocenters. The molecule has 3 nitrogen and oxygen atoms in total. The molecule has 0 amide bonds. The van der Waals surface area contributed by atoms with Crippen LogP contribution in [0.2, 0.25) is 0 Å². The number of para-hydroxylation sites is 1. The van der Waals surface area contributed by atoms with Crippen molar-refractivity contribution in [2.45, 2.75) is 6.42 Å². The third kappa shape index (κ3) is 3.03. The number of benzene rings is 1. The molecule has 0 aliphatic rings. The Morgan fingerprint density at radius 2 is 2.19 bits per heavy atom. The third-order valence-corrected chi connectivity index (χ3v) is 4.29. The van der Waals surface area contributed by atoms with Gasteiger partial charge in [-0.1, -0.05) is 0 Å². The molecule has 2 heterocycles. The Morgan fingerprint density at radius 3 is 3.05 bits per heavy atom. The molecule has 0 saturated carbocycles. The second-order valence-corrected chi connectivity index (χ2v) is 6.12. The summed E-state index contributed by atoms with van der Waals surface area (Å²) in [6.07, 6.45) is 7.71. The van der Waals surface area contributed by atoms with Gasteiger partial charge in [0, 0.05) is 0 Å². The molecule has 104 valence electrons. The van der Waals surface area contributed by atoms with E-state index >= 15 is 0 Å². The fourth-order valence-corrected chi connectivity index (χ4v) is 2.75. The molecule has 0 unspecified atom stereocenters. The first-order valence-corrected chi connectivity index (χ1v) is 7.91. The molecule has 4 heteroatoms. The van der Waals surface area contributed by atoms with Crippen LogP contribution in [0.3, 0.4) is 0 Å². The number of rotatable bonds is 5. The first kappa shape index (κ1) is 14.0. The van der Waals surface area contributed by atoms with Crippen molar-refractivity contribution in [1.29, 1.82) is 0 Å². The normalized spacial score (nSPS) is 11.2. The Labute approximate surface area is 133 Å². The van der Waals surface area contributed by atoms with Crippen molar-refractivity contribution in [1.82, 2.24) is 5.16 Å². The van der Waals surface area contributed by atoms with E-state index in [0.29, 0.717) is 6.42 Å². The van der Waals surface area contributed by atoms with Gasteiger partial charge >= 0.3 is 133 Å². The van der Waals surface area contributed by atoms with E-state index in [2.05, 4.69) is 5.16 Å². The van der Waals surface area contributed by atoms with Crippen molar-refractivity contribution >= 4 is 14.9 Å². The van der Waals surface area contributed by atoms with Crippen LogP contribution in [-0.2, 0) is 25.8 Å². The van der Waals surface area contributed by atoms with E-state index < -0.39 is 0 Å². The number of hydrogen-bond donors (Lipinski definition) is 0. The average molecular weight is 446 g/mol. The Hall–Kier alpha value is -1.99. The van der Waals surface area contributed by atoms with Crippen molar-refractivity contribution < 1.29 is 28.3 Å². The summed E-state index contributed by atoms with van der Waals surface area (Å²) in [6, 6.07) is 9.90. The Bertz CT molecular complexity index is 826. The molecule has 1 aromatic carbocycles. The van der Waals surface area contributed by atoms with Gasteiger partial charge in [0.25, 0.3) is 0 Å². The van der Waals surface area contributed by atoms with Gasteiger partial charge in [-0.25, -0.2) is 0 Å². The fourth-order valence-electron chi connectivity index (χ4n) is 2.08. The van der Waals surface area contributed by atoms with Gasteiger partial charge in [-0.2, -0.15) is 0 Å². The second kappa shape index (κ2) is 6.19. The molecule has 3 aromatic rings. The van der Waals surface area contributed by atoms with Gasteiger partial charge in [-0.3, -0.25) is 0 Å². The summed E-state index contributed by atoms with van der Waals surface area (Å²) in [4.78, 5) is 0. The van der Waals surface area contributed by atoms with E-state index in [9.17, 15) is 0 Å². The zero-order chi connectivity index (χ0) is 14.7. The van der Waals surface area contributed by atoms with E-state index in [1.807, 2.05) is 36.4 Å². The first-order valence-electron chi connectivity index (χ1n) is 6.44. The second-order valence-electron chi connectivity index (χ2n) is 4.54. The fraction of sp³-hybridized carbons (Fsp3) is 0.0588. The van der Waals surface area contributed by atoms with Crippen LogP contribution in [0.25, 0.3) is 11.0 Å². The van der Waals surface area contributed by atoms with E-state index in [4.69, 9.17) is 15.5 Å². The average Bonchev–Trinajstić information content (AvgIpc) is 3.13. The zero-order valence-corrected chi connectivity index (χ0v) is 14.1. The summed E-state index contributed by atoms with van der Waals surface area (Å²) in [6.45, 7) is 5.34. The molecular formula is C17H12NO2W-. The molecule has 0 N–H and O–H groups in total. The molecule has 0 spiro atoms. The Balaban J connectivity index is 1.83. The summed E-state index contributed by atoms with van der Waals surface area (Å²) >= 11 is 1.33. The van der Waals surface area contributed by atoms with Crippen molar-refractivity contribution in [3.63, 3.8) is 0 Å². The first-order chi connectivity index (χ1) is 10.3. The van der Waals surface area contributed by atoms with Crippen molar-refractivity contribution in [3.05, 3.63) is 78.4 Å². The maximum absolute atomic E-state index is 5.60. The summed E-state index contributed by atoms with van der Waals surface area (Å²) in [5.74, 6) is 0.867. The Morgan fingerprint density at radius 1 is 1.33 bits per heavy atom. The minimum absolute atomic E-state index is 0.690. The number of hydrogen-bond acceptors (Lipinski definition) is 3. The maximum atomic E-state index is 5.60. The molecule has 0 aliphatic carbocycles. The predicted molar refractivity (Wildman–Crippen MR) is 77.6 cm³/mol. The van der Waals surface area contributed by atoms with Gasteiger partial charge in [-0.05, 0) is 0 Å². The quantitative estimate of drug-likeness (QED) is 0.444.